The van der Waals surface area contributed by atoms with Gasteiger partial charge in [0.15, 0.2) is 0 Å². The Balaban J connectivity index is 2.01. The third-order valence-electron chi connectivity index (χ3n) is 2.77. The van der Waals surface area contributed by atoms with Gasteiger partial charge in [0.2, 0.25) is 0 Å². The monoisotopic (exact) mass is 336 g/mol. The molecule has 0 bridgehead atoms. The number of para-hydroxylation sites is 1. The number of hydrogen-bond acceptors (Lipinski definition) is 1. The van der Waals surface area contributed by atoms with Gasteiger partial charge in [-0.15, -0.1) is 0 Å². The van der Waals surface area contributed by atoms with Gasteiger partial charge in [-0.1, -0.05) is 40.2 Å². The molecule has 20 heavy (non-hydrogen) atoms. The van der Waals surface area contributed by atoms with Crippen molar-refractivity contribution in [3.05, 3.63) is 64.4 Å². The Hall–Kier alpha value is -1.88. The lowest BCUT2D eigenvalue weighted by atomic mass is 10.2. The molecule has 5 heteroatoms. The molecule has 104 valence electrons. The smallest absolute Gasteiger partial charge is 0.321 e. The molecule has 0 aromatic heterocycles. The quantitative estimate of drug-likeness (QED) is 0.892. The zero-order valence-corrected chi connectivity index (χ0v) is 12.5. The maximum Gasteiger partial charge on any atom is 0.321 e. The van der Waals surface area contributed by atoms with Crippen molar-refractivity contribution in [2.24, 2.45) is 0 Å². The Kier molecular flexibility index (Phi) is 4.74. The lowest BCUT2D eigenvalue weighted by Crippen LogP contribution is -2.31. The van der Waals surface area contributed by atoms with Crippen LogP contribution < -0.4 is 5.32 Å². The fourth-order valence-corrected chi connectivity index (χ4v) is 2.20. The Bertz CT molecular complexity index is 618. The van der Waals surface area contributed by atoms with E-state index in [1.165, 1.54) is 17.0 Å². The maximum atomic E-state index is 13.5. The summed E-state index contributed by atoms with van der Waals surface area (Å²) in [4.78, 5) is 13.5. The Morgan fingerprint density at radius 1 is 1.25 bits per heavy atom. The summed E-state index contributed by atoms with van der Waals surface area (Å²) in [7, 11) is 1.66. The summed E-state index contributed by atoms with van der Waals surface area (Å²) in [5.41, 5.74) is 1.17. The van der Waals surface area contributed by atoms with Crippen LogP contribution in [0.4, 0.5) is 14.9 Å². The molecule has 3 nitrogen and oxygen atoms in total. The minimum Gasteiger partial charge on any atom is -0.323 e. The highest BCUT2D eigenvalue weighted by Crippen LogP contribution is 2.15. The van der Waals surface area contributed by atoms with Crippen LogP contribution in [0.15, 0.2) is 53.0 Å². The van der Waals surface area contributed by atoms with E-state index in [2.05, 4.69) is 21.2 Å². The van der Waals surface area contributed by atoms with Crippen LogP contribution >= 0.6 is 15.9 Å². The van der Waals surface area contributed by atoms with Crippen LogP contribution in [-0.2, 0) is 6.54 Å². The molecule has 0 saturated carbocycles. The van der Waals surface area contributed by atoms with Gasteiger partial charge in [-0.3, -0.25) is 0 Å². The number of nitrogens with zero attached hydrogens (tertiary/aromatic N) is 1. The first kappa shape index (κ1) is 14.5. The van der Waals surface area contributed by atoms with Crippen LogP contribution in [-0.4, -0.2) is 18.0 Å². The lowest BCUT2D eigenvalue weighted by molar-refractivity contribution is 0.220. The minimum atomic E-state index is -0.447. The van der Waals surface area contributed by atoms with Gasteiger partial charge >= 0.3 is 6.03 Å². The first-order chi connectivity index (χ1) is 9.56. The molecule has 0 spiro atoms. The number of hydrogen-bond donors (Lipinski definition) is 1. The summed E-state index contributed by atoms with van der Waals surface area (Å²) in [5, 5.41) is 2.55. The highest BCUT2D eigenvalue weighted by molar-refractivity contribution is 9.10. The number of carbonyl (C=O) groups excluding carboxylic acids is 1. The number of anilines is 1. The summed E-state index contributed by atoms with van der Waals surface area (Å²) in [5.74, 6) is -0.447. The van der Waals surface area contributed by atoms with Crippen molar-refractivity contribution in [3.8, 4) is 0 Å². The van der Waals surface area contributed by atoms with Crippen LogP contribution in [0, 0.1) is 5.82 Å². The zero-order chi connectivity index (χ0) is 14.5. The number of carbonyl (C=O) groups is 1. The summed E-state index contributed by atoms with van der Waals surface area (Å²) in [6.07, 6.45) is 0. The van der Waals surface area contributed by atoms with Gasteiger partial charge in [0.1, 0.15) is 5.82 Å². The van der Waals surface area contributed by atoms with Gasteiger partial charge in [0, 0.05) is 18.1 Å². The highest BCUT2D eigenvalue weighted by Gasteiger charge is 2.11. The molecule has 0 fully saturated rings. The van der Waals surface area contributed by atoms with Gasteiger partial charge in [0.25, 0.3) is 0 Å². The van der Waals surface area contributed by atoms with Gasteiger partial charge in [-0.2, -0.15) is 0 Å². The van der Waals surface area contributed by atoms with Crippen LogP contribution in [0.2, 0.25) is 0 Å². The first-order valence-electron chi connectivity index (χ1n) is 6.07. The molecule has 2 aromatic carbocycles. The molecule has 2 amide bonds. The molecule has 1 N–H and O–H groups in total. The second-order valence-electron chi connectivity index (χ2n) is 4.40. The predicted octanol–water partition coefficient (Wildman–Crippen LogP) is 4.25. The Morgan fingerprint density at radius 2 is 2.00 bits per heavy atom. The van der Waals surface area contributed by atoms with E-state index in [-0.39, 0.29) is 11.7 Å². The van der Waals surface area contributed by atoms with Crippen molar-refractivity contribution < 1.29 is 9.18 Å². The van der Waals surface area contributed by atoms with Crippen molar-refractivity contribution in [3.63, 3.8) is 0 Å². The van der Waals surface area contributed by atoms with E-state index in [0.717, 1.165) is 10.0 Å². The largest absolute Gasteiger partial charge is 0.323 e. The molecule has 0 aliphatic heterocycles. The van der Waals surface area contributed by atoms with E-state index in [1.54, 1.807) is 19.2 Å². The standard InChI is InChI=1S/C15H14BrFN2O/c1-19(10-11-5-4-6-12(16)9-11)15(20)18-14-8-3-2-7-13(14)17/h2-9H,10H2,1H3,(H,18,20). The van der Waals surface area contributed by atoms with E-state index in [9.17, 15) is 9.18 Å². The molecular formula is C15H14BrFN2O. The van der Waals surface area contributed by atoms with E-state index >= 15 is 0 Å². The van der Waals surface area contributed by atoms with Crippen molar-refractivity contribution >= 4 is 27.6 Å². The molecule has 0 saturated heterocycles. The zero-order valence-electron chi connectivity index (χ0n) is 10.9. The van der Waals surface area contributed by atoms with Gasteiger partial charge < -0.3 is 10.2 Å². The minimum absolute atomic E-state index is 0.179. The second kappa shape index (κ2) is 6.52. The summed E-state index contributed by atoms with van der Waals surface area (Å²) in [6, 6.07) is 13.4. The lowest BCUT2D eigenvalue weighted by Gasteiger charge is -2.18. The van der Waals surface area contributed by atoms with E-state index in [1.807, 2.05) is 24.3 Å². The molecule has 0 unspecified atom stereocenters. The molecule has 0 aliphatic rings. The fraction of sp³-hybridized carbons (Fsp3) is 0.133. The average molecular weight is 337 g/mol. The molecule has 0 radical (unpaired) electrons. The SMILES string of the molecule is CN(Cc1cccc(Br)c1)C(=O)Nc1ccccc1F. The molecular weight excluding hydrogens is 323 g/mol. The predicted molar refractivity (Wildman–Crippen MR) is 81.0 cm³/mol. The normalized spacial score (nSPS) is 10.2. The number of nitrogens with one attached hydrogen (secondary N) is 1. The Morgan fingerprint density at radius 3 is 2.70 bits per heavy atom. The van der Waals surface area contributed by atoms with Crippen molar-refractivity contribution in [2.45, 2.75) is 6.54 Å². The number of rotatable bonds is 3. The van der Waals surface area contributed by atoms with Crippen LogP contribution in [0.25, 0.3) is 0 Å². The molecule has 2 aromatic rings. The van der Waals surface area contributed by atoms with Crippen molar-refractivity contribution in [1.82, 2.24) is 4.90 Å². The number of halogens is 2. The Labute approximate surface area is 125 Å². The van der Waals surface area contributed by atoms with Crippen LogP contribution in [0.1, 0.15) is 5.56 Å². The summed E-state index contributed by atoms with van der Waals surface area (Å²) in [6.45, 7) is 0.444. The maximum absolute atomic E-state index is 13.5. The number of amides is 2. The van der Waals surface area contributed by atoms with Crippen molar-refractivity contribution in [1.29, 1.82) is 0 Å². The summed E-state index contributed by atoms with van der Waals surface area (Å²) >= 11 is 3.38. The van der Waals surface area contributed by atoms with Crippen molar-refractivity contribution in [2.75, 3.05) is 12.4 Å². The van der Waals surface area contributed by atoms with Gasteiger partial charge in [0.05, 0.1) is 5.69 Å². The highest BCUT2D eigenvalue weighted by atomic mass is 79.9. The third kappa shape index (κ3) is 3.81. The van der Waals surface area contributed by atoms with Crippen LogP contribution in [0.5, 0.6) is 0 Å². The number of urea groups is 1. The summed E-state index contributed by atoms with van der Waals surface area (Å²) < 4.78 is 14.4. The van der Waals surface area contributed by atoms with E-state index in [0.29, 0.717) is 6.54 Å². The molecule has 0 heterocycles. The first-order valence-corrected chi connectivity index (χ1v) is 6.86. The topological polar surface area (TPSA) is 32.3 Å². The average Bonchev–Trinajstić information content (AvgIpc) is 2.41. The second-order valence-corrected chi connectivity index (χ2v) is 5.31. The molecule has 0 aliphatic carbocycles. The molecule has 0 atom stereocenters. The molecule has 2 rings (SSSR count). The van der Waals surface area contributed by atoms with Crippen LogP contribution in [0.3, 0.4) is 0 Å². The van der Waals surface area contributed by atoms with E-state index < -0.39 is 5.82 Å². The van der Waals surface area contributed by atoms with Gasteiger partial charge in [-0.05, 0) is 29.8 Å². The fourth-order valence-electron chi connectivity index (χ4n) is 1.75. The van der Waals surface area contributed by atoms with E-state index in [4.69, 9.17) is 0 Å². The van der Waals surface area contributed by atoms with Gasteiger partial charge in [-0.25, -0.2) is 9.18 Å². The number of benzene rings is 2. The third-order valence-corrected chi connectivity index (χ3v) is 3.26.